The summed E-state index contributed by atoms with van der Waals surface area (Å²) in [6.45, 7) is 6.65. The maximum atomic E-state index is 12.9. The molecule has 0 saturated heterocycles. The Balaban J connectivity index is 4.09. The van der Waals surface area contributed by atoms with Crippen molar-refractivity contribution in [2.75, 3.05) is 13.2 Å². The highest BCUT2D eigenvalue weighted by Crippen LogP contribution is 2.18. The van der Waals surface area contributed by atoms with Gasteiger partial charge in [-0.05, 0) is 70.6 Å². The van der Waals surface area contributed by atoms with E-state index in [0.717, 1.165) is 70.6 Å². The topological polar surface area (TPSA) is 78.9 Å². The largest absolute Gasteiger partial charge is 0.462 e. The van der Waals surface area contributed by atoms with Crippen molar-refractivity contribution in [3.63, 3.8) is 0 Å². The fourth-order valence-corrected chi connectivity index (χ4v) is 10.2. The molecule has 0 rings (SSSR count). The van der Waals surface area contributed by atoms with Crippen LogP contribution in [0.4, 0.5) is 0 Å². The third kappa shape index (κ3) is 62.5. The Kier molecular flexibility index (Phi) is 63.1. The number of carbonyl (C=O) groups excluding carboxylic acids is 3. The Morgan fingerprint density at radius 1 is 0.263 bits per heavy atom. The molecule has 0 bridgehead atoms. The molecule has 0 aliphatic heterocycles. The summed E-state index contributed by atoms with van der Waals surface area (Å²) in [5.74, 6) is -0.854. The predicted octanol–water partition coefficient (Wildman–Crippen LogP) is 23.2. The van der Waals surface area contributed by atoms with Crippen LogP contribution in [-0.2, 0) is 28.6 Å². The zero-order chi connectivity index (χ0) is 55.0. The van der Waals surface area contributed by atoms with E-state index in [4.69, 9.17) is 14.2 Å². The molecule has 0 aliphatic rings. The molecule has 0 aromatic rings. The lowest BCUT2D eigenvalue weighted by Gasteiger charge is -2.18. The average molecular weight is 1070 g/mol. The van der Waals surface area contributed by atoms with Gasteiger partial charge < -0.3 is 14.2 Å². The maximum absolute atomic E-state index is 12.9. The van der Waals surface area contributed by atoms with E-state index in [2.05, 4.69) is 57.2 Å². The van der Waals surface area contributed by atoms with E-state index in [-0.39, 0.29) is 31.1 Å². The Morgan fingerprint density at radius 3 is 0.776 bits per heavy atom. The van der Waals surface area contributed by atoms with Crippen LogP contribution in [0.15, 0.2) is 36.5 Å². The Bertz CT molecular complexity index is 1270. The van der Waals surface area contributed by atoms with Crippen molar-refractivity contribution in [1.82, 2.24) is 0 Å². The van der Waals surface area contributed by atoms with Gasteiger partial charge in [0.25, 0.3) is 0 Å². The number of ether oxygens (including phenoxy) is 3. The summed E-state index contributed by atoms with van der Waals surface area (Å²) in [5.41, 5.74) is 0. The first-order valence-electron chi connectivity index (χ1n) is 34.0. The number of hydrogen-bond acceptors (Lipinski definition) is 6. The minimum Gasteiger partial charge on any atom is -0.462 e. The molecule has 0 spiro atoms. The van der Waals surface area contributed by atoms with Crippen molar-refractivity contribution >= 4 is 17.9 Å². The average Bonchev–Trinajstić information content (AvgIpc) is 3.42. The van der Waals surface area contributed by atoms with Crippen molar-refractivity contribution in [3.8, 4) is 0 Å². The number of unbranched alkanes of at least 4 members (excludes halogenated alkanes) is 46. The highest BCUT2D eigenvalue weighted by Gasteiger charge is 2.19. The van der Waals surface area contributed by atoms with Crippen LogP contribution in [0.25, 0.3) is 0 Å². The van der Waals surface area contributed by atoms with Gasteiger partial charge in [-0.15, -0.1) is 0 Å². The highest BCUT2D eigenvalue weighted by molar-refractivity contribution is 5.71. The third-order valence-electron chi connectivity index (χ3n) is 15.4. The summed E-state index contributed by atoms with van der Waals surface area (Å²) in [5, 5.41) is 0. The lowest BCUT2D eigenvalue weighted by Crippen LogP contribution is -2.30. The molecule has 0 aromatic carbocycles. The van der Waals surface area contributed by atoms with E-state index in [1.54, 1.807) is 0 Å². The number of allylic oxidation sites excluding steroid dienone is 6. The summed E-state index contributed by atoms with van der Waals surface area (Å²) in [6.07, 6.45) is 80.4. The molecule has 1 unspecified atom stereocenters. The predicted molar refractivity (Wildman–Crippen MR) is 330 cm³/mol. The van der Waals surface area contributed by atoms with E-state index in [9.17, 15) is 14.4 Å². The van der Waals surface area contributed by atoms with Crippen molar-refractivity contribution in [2.45, 2.75) is 380 Å². The van der Waals surface area contributed by atoms with Gasteiger partial charge in [-0.25, -0.2) is 0 Å². The second kappa shape index (κ2) is 65.2. The van der Waals surface area contributed by atoms with Gasteiger partial charge in [0.05, 0.1) is 0 Å². The number of rotatable bonds is 63. The quantitative estimate of drug-likeness (QED) is 0.0261. The summed E-state index contributed by atoms with van der Waals surface area (Å²) < 4.78 is 16.9. The van der Waals surface area contributed by atoms with Gasteiger partial charge in [-0.2, -0.15) is 0 Å². The molecule has 0 saturated carbocycles. The Hall–Kier alpha value is -2.37. The number of carbonyl (C=O) groups is 3. The lowest BCUT2D eigenvalue weighted by atomic mass is 10.0. The van der Waals surface area contributed by atoms with Gasteiger partial charge in [0.1, 0.15) is 13.2 Å². The SMILES string of the molecule is CCCC/C=C\CCCCCCCC(=O)OCC(COC(=O)CCCCCCCCCCCCCCCCCCCCC/C=C\C/C=C\CCCCCCC)OC(=O)CCCCCCCCCCCCCCCCCC. The highest BCUT2D eigenvalue weighted by atomic mass is 16.6. The van der Waals surface area contributed by atoms with E-state index >= 15 is 0 Å². The molecule has 1 atom stereocenters. The van der Waals surface area contributed by atoms with Gasteiger partial charge >= 0.3 is 17.9 Å². The summed E-state index contributed by atoms with van der Waals surface area (Å²) in [4.78, 5) is 38.2. The van der Waals surface area contributed by atoms with E-state index < -0.39 is 6.10 Å². The Morgan fingerprint density at radius 2 is 0.487 bits per heavy atom. The van der Waals surface area contributed by atoms with Crippen LogP contribution in [0.1, 0.15) is 374 Å². The molecule has 0 aliphatic carbocycles. The fourth-order valence-electron chi connectivity index (χ4n) is 10.2. The second-order valence-electron chi connectivity index (χ2n) is 23.1. The number of esters is 3. The van der Waals surface area contributed by atoms with Crippen LogP contribution in [0.3, 0.4) is 0 Å². The molecule has 6 nitrogen and oxygen atoms in total. The van der Waals surface area contributed by atoms with Crippen molar-refractivity contribution in [2.24, 2.45) is 0 Å². The molecule has 76 heavy (non-hydrogen) atoms. The first kappa shape index (κ1) is 73.6. The van der Waals surface area contributed by atoms with Crippen LogP contribution in [0.2, 0.25) is 0 Å². The lowest BCUT2D eigenvalue weighted by molar-refractivity contribution is -0.167. The van der Waals surface area contributed by atoms with Crippen LogP contribution in [0.5, 0.6) is 0 Å². The van der Waals surface area contributed by atoms with E-state index in [1.807, 2.05) is 0 Å². The summed E-state index contributed by atoms with van der Waals surface area (Å²) in [6, 6.07) is 0. The van der Waals surface area contributed by atoms with Gasteiger partial charge in [0, 0.05) is 19.3 Å². The zero-order valence-electron chi connectivity index (χ0n) is 51.3. The van der Waals surface area contributed by atoms with E-state index in [1.165, 1.54) is 263 Å². The molecule has 0 fully saturated rings. The molecular formula is C70H130O6. The standard InChI is InChI=1S/C70H130O6/c1-4-7-10-13-16-19-22-24-26-28-29-30-31-32-33-34-35-36-37-38-39-40-41-42-44-45-48-51-54-57-60-63-69(72)75-66-67(65-74-68(71)62-59-56-53-50-47-21-18-15-12-9-6-3)76-70(73)64-61-58-55-52-49-46-43-27-25-23-20-17-14-11-8-5-2/h15,18,22,24,28-29,67H,4-14,16-17,19-21,23,25-27,30-66H2,1-3H3/b18-15-,24-22-,29-28-. The molecule has 0 radical (unpaired) electrons. The van der Waals surface area contributed by atoms with Gasteiger partial charge in [0.15, 0.2) is 6.10 Å². The summed E-state index contributed by atoms with van der Waals surface area (Å²) >= 11 is 0. The van der Waals surface area contributed by atoms with Crippen molar-refractivity contribution < 1.29 is 28.6 Å². The van der Waals surface area contributed by atoms with Crippen LogP contribution < -0.4 is 0 Å². The second-order valence-corrected chi connectivity index (χ2v) is 23.1. The van der Waals surface area contributed by atoms with Gasteiger partial charge in [0.2, 0.25) is 0 Å². The first-order chi connectivity index (χ1) is 37.5. The minimum absolute atomic E-state index is 0.0689. The normalized spacial score (nSPS) is 12.2. The summed E-state index contributed by atoms with van der Waals surface area (Å²) in [7, 11) is 0. The monoisotopic (exact) mass is 1070 g/mol. The van der Waals surface area contributed by atoms with Crippen LogP contribution >= 0.6 is 0 Å². The zero-order valence-corrected chi connectivity index (χ0v) is 51.3. The smallest absolute Gasteiger partial charge is 0.306 e. The van der Waals surface area contributed by atoms with Gasteiger partial charge in [-0.1, -0.05) is 320 Å². The molecule has 0 aromatic heterocycles. The van der Waals surface area contributed by atoms with Crippen LogP contribution in [-0.4, -0.2) is 37.2 Å². The molecule has 446 valence electrons. The number of hydrogen-bond donors (Lipinski definition) is 0. The third-order valence-corrected chi connectivity index (χ3v) is 15.4. The molecule has 0 N–H and O–H groups in total. The molecule has 0 amide bonds. The molecule has 6 heteroatoms. The van der Waals surface area contributed by atoms with Crippen molar-refractivity contribution in [1.29, 1.82) is 0 Å². The Labute approximate surface area is 474 Å². The van der Waals surface area contributed by atoms with Crippen LogP contribution in [0, 0.1) is 0 Å². The van der Waals surface area contributed by atoms with Gasteiger partial charge in [-0.3, -0.25) is 14.4 Å². The molecule has 0 heterocycles. The van der Waals surface area contributed by atoms with Crippen molar-refractivity contribution in [3.05, 3.63) is 36.5 Å². The molecular weight excluding hydrogens is 937 g/mol. The minimum atomic E-state index is -0.771. The first-order valence-corrected chi connectivity index (χ1v) is 34.0. The maximum Gasteiger partial charge on any atom is 0.306 e. The van der Waals surface area contributed by atoms with E-state index in [0.29, 0.717) is 19.3 Å². The fraction of sp³-hybridized carbons (Fsp3) is 0.871.